The summed E-state index contributed by atoms with van der Waals surface area (Å²) in [7, 11) is 0. The summed E-state index contributed by atoms with van der Waals surface area (Å²) < 4.78 is 19.0. The van der Waals surface area contributed by atoms with Crippen LogP contribution < -0.4 is 4.74 Å². The van der Waals surface area contributed by atoms with Gasteiger partial charge in [-0.3, -0.25) is 0 Å². The molecule has 0 aliphatic heterocycles. The number of allylic oxidation sites excluding steroid dienone is 1. The third kappa shape index (κ3) is 4.88. The lowest BCUT2D eigenvalue weighted by Crippen LogP contribution is -2.00. The Balaban J connectivity index is 2.36. The molecule has 0 radical (unpaired) electrons. The first-order chi connectivity index (χ1) is 8.65. The minimum Gasteiger partial charge on any atom is -0.491 e. The quantitative estimate of drug-likeness (QED) is 0.559. The molecule has 2 nitrogen and oxygen atoms in total. The second-order valence-electron chi connectivity index (χ2n) is 4.35. The maximum atomic E-state index is 13.6. The van der Waals surface area contributed by atoms with E-state index in [4.69, 9.17) is 4.74 Å². The Bertz CT molecular complexity index is 375. The van der Waals surface area contributed by atoms with Crippen molar-refractivity contribution in [3.8, 4) is 5.75 Å². The molecule has 0 spiro atoms. The van der Waals surface area contributed by atoms with E-state index in [0.29, 0.717) is 12.2 Å². The van der Waals surface area contributed by atoms with Crippen molar-refractivity contribution in [3.05, 3.63) is 42.2 Å². The van der Waals surface area contributed by atoms with Crippen LogP contribution in [-0.2, 0) is 0 Å². The van der Waals surface area contributed by atoms with Crippen LogP contribution in [-0.4, -0.2) is 11.7 Å². The second-order valence-corrected chi connectivity index (χ2v) is 4.35. The van der Waals surface area contributed by atoms with E-state index < -0.39 is 11.9 Å². The van der Waals surface area contributed by atoms with Crippen LogP contribution in [0.25, 0.3) is 0 Å². The molecule has 1 N–H and O–H groups in total. The van der Waals surface area contributed by atoms with Crippen LogP contribution in [0.15, 0.2) is 30.9 Å². The van der Waals surface area contributed by atoms with Gasteiger partial charge in [0.2, 0.25) is 0 Å². The van der Waals surface area contributed by atoms with Gasteiger partial charge in [-0.25, -0.2) is 4.39 Å². The molecule has 1 rings (SSSR count). The molecule has 1 aromatic rings. The summed E-state index contributed by atoms with van der Waals surface area (Å²) in [6.07, 6.45) is 5.31. The van der Waals surface area contributed by atoms with Gasteiger partial charge in [0.05, 0.1) is 12.7 Å². The van der Waals surface area contributed by atoms with Gasteiger partial charge in [0.15, 0.2) is 11.6 Å². The van der Waals surface area contributed by atoms with Crippen LogP contribution in [0.3, 0.4) is 0 Å². The summed E-state index contributed by atoms with van der Waals surface area (Å²) in [5.41, 5.74) is 0.561. The van der Waals surface area contributed by atoms with E-state index in [9.17, 15) is 9.50 Å². The number of unbranched alkanes of at least 4 members (excludes halogenated alkanes) is 3. The van der Waals surface area contributed by atoms with Crippen LogP contribution in [0.5, 0.6) is 5.75 Å². The zero-order chi connectivity index (χ0) is 13.4. The van der Waals surface area contributed by atoms with E-state index in [0.717, 1.165) is 25.7 Å². The zero-order valence-electron chi connectivity index (χ0n) is 10.9. The first-order valence-electron chi connectivity index (χ1n) is 6.36. The Kier molecular flexibility index (Phi) is 6.44. The lowest BCUT2D eigenvalue weighted by Gasteiger charge is -2.09. The van der Waals surface area contributed by atoms with Crippen molar-refractivity contribution >= 4 is 0 Å². The van der Waals surface area contributed by atoms with Crippen LogP contribution in [0.1, 0.15) is 44.3 Å². The average molecular weight is 252 g/mol. The van der Waals surface area contributed by atoms with Crippen LogP contribution in [0.4, 0.5) is 4.39 Å². The zero-order valence-corrected chi connectivity index (χ0v) is 10.9. The molecule has 0 fully saturated rings. The van der Waals surface area contributed by atoms with E-state index in [1.54, 1.807) is 19.1 Å². The summed E-state index contributed by atoms with van der Waals surface area (Å²) >= 11 is 0. The SMILES string of the molecule is C=CCCCCCOc1ccc([C@H](C)O)cc1F. The lowest BCUT2D eigenvalue weighted by molar-refractivity contribution is 0.198. The number of benzene rings is 1. The Labute approximate surface area is 108 Å². The van der Waals surface area contributed by atoms with Gasteiger partial charge in [-0.1, -0.05) is 12.1 Å². The molecule has 18 heavy (non-hydrogen) atoms. The highest BCUT2D eigenvalue weighted by atomic mass is 19.1. The minimum atomic E-state index is -0.660. The van der Waals surface area contributed by atoms with E-state index >= 15 is 0 Å². The first-order valence-corrected chi connectivity index (χ1v) is 6.36. The van der Waals surface area contributed by atoms with Gasteiger partial charge < -0.3 is 9.84 Å². The van der Waals surface area contributed by atoms with Gasteiger partial charge in [-0.2, -0.15) is 0 Å². The summed E-state index contributed by atoms with van der Waals surface area (Å²) in [6.45, 7) is 5.78. The maximum absolute atomic E-state index is 13.6. The molecule has 1 aromatic carbocycles. The number of hydrogen-bond donors (Lipinski definition) is 1. The Morgan fingerprint density at radius 2 is 2.17 bits per heavy atom. The normalized spacial score (nSPS) is 12.2. The smallest absolute Gasteiger partial charge is 0.165 e. The van der Waals surface area contributed by atoms with Crippen LogP contribution >= 0.6 is 0 Å². The third-order valence-corrected chi connectivity index (χ3v) is 2.75. The lowest BCUT2D eigenvalue weighted by atomic mass is 10.1. The van der Waals surface area contributed by atoms with E-state index in [1.807, 2.05) is 6.08 Å². The molecule has 0 heterocycles. The third-order valence-electron chi connectivity index (χ3n) is 2.75. The molecule has 0 bridgehead atoms. The molecule has 0 unspecified atom stereocenters. The summed E-state index contributed by atoms with van der Waals surface area (Å²) in [5, 5.41) is 9.32. The Morgan fingerprint density at radius 3 is 2.78 bits per heavy atom. The molecule has 3 heteroatoms. The average Bonchev–Trinajstić information content (AvgIpc) is 2.35. The van der Waals surface area contributed by atoms with Gasteiger partial charge in [0.25, 0.3) is 0 Å². The monoisotopic (exact) mass is 252 g/mol. The van der Waals surface area contributed by atoms with Crippen molar-refractivity contribution in [3.63, 3.8) is 0 Å². The molecular weight excluding hydrogens is 231 g/mol. The second kappa shape index (κ2) is 7.88. The minimum absolute atomic E-state index is 0.253. The number of aliphatic hydroxyl groups excluding tert-OH is 1. The molecular formula is C15H21FO2. The van der Waals surface area contributed by atoms with Gasteiger partial charge in [-0.15, -0.1) is 6.58 Å². The Morgan fingerprint density at radius 1 is 1.39 bits per heavy atom. The number of rotatable bonds is 8. The van der Waals surface area contributed by atoms with Crippen LogP contribution in [0.2, 0.25) is 0 Å². The summed E-state index contributed by atoms with van der Waals surface area (Å²) in [6, 6.07) is 4.57. The standard InChI is InChI=1S/C15H21FO2/c1-3-4-5-6-7-10-18-15-9-8-13(12(2)17)11-14(15)16/h3,8-9,11-12,17H,1,4-7,10H2,2H3/t12-/m0/s1. The van der Waals surface area contributed by atoms with Crippen molar-refractivity contribution in [1.82, 2.24) is 0 Å². The van der Waals surface area contributed by atoms with Crippen molar-refractivity contribution < 1.29 is 14.2 Å². The highest BCUT2D eigenvalue weighted by molar-refractivity contribution is 5.30. The van der Waals surface area contributed by atoms with E-state index in [-0.39, 0.29) is 5.75 Å². The summed E-state index contributed by atoms with van der Waals surface area (Å²) in [4.78, 5) is 0. The fraction of sp³-hybridized carbons (Fsp3) is 0.467. The van der Waals surface area contributed by atoms with Gasteiger partial charge in [0.1, 0.15) is 0 Å². The van der Waals surface area contributed by atoms with Crippen molar-refractivity contribution in [2.24, 2.45) is 0 Å². The highest BCUT2D eigenvalue weighted by Gasteiger charge is 2.07. The molecule has 0 saturated heterocycles. The largest absolute Gasteiger partial charge is 0.491 e. The predicted molar refractivity (Wildman–Crippen MR) is 71.2 cm³/mol. The number of hydrogen-bond acceptors (Lipinski definition) is 2. The number of ether oxygens (including phenoxy) is 1. The molecule has 0 saturated carbocycles. The Hall–Kier alpha value is -1.35. The van der Waals surface area contributed by atoms with E-state index in [2.05, 4.69) is 6.58 Å². The molecule has 0 aliphatic carbocycles. The van der Waals surface area contributed by atoms with Gasteiger partial charge >= 0.3 is 0 Å². The molecule has 1 atom stereocenters. The fourth-order valence-corrected chi connectivity index (χ4v) is 1.64. The van der Waals surface area contributed by atoms with E-state index in [1.165, 1.54) is 6.07 Å². The molecule has 100 valence electrons. The maximum Gasteiger partial charge on any atom is 0.165 e. The van der Waals surface area contributed by atoms with Crippen molar-refractivity contribution in [1.29, 1.82) is 0 Å². The first kappa shape index (κ1) is 14.7. The molecule has 0 amide bonds. The topological polar surface area (TPSA) is 29.5 Å². The predicted octanol–water partition coefficient (Wildman–Crippen LogP) is 4.00. The molecule has 0 aliphatic rings. The van der Waals surface area contributed by atoms with Gasteiger partial charge in [-0.05, 0) is 50.3 Å². The van der Waals surface area contributed by atoms with Crippen molar-refractivity contribution in [2.75, 3.05) is 6.61 Å². The molecule has 0 aromatic heterocycles. The number of aliphatic hydroxyl groups is 1. The summed E-state index contributed by atoms with van der Waals surface area (Å²) in [5.74, 6) is -0.164. The highest BCUT2D eigenvalue weighted by Crippen LogP contribution is 2.22. The number of halogens is 1. The van der Waals surface area contributed by atoms with Crippen LogP contribution in [0, 0.1) is 5.82 Å². The van der Waals surface area contributed by atoms with Crippen molar-refractivity contribution in [2.45, 2.75) is 38.7 Å². The van der Waals surface area contributed by atoms with Gasteiger partial charge in [0, 0.05) is 0 Å². The fourth-order valence-electron chi connectivity index (χ4n) is 1.64.